The molecule has 1 aliphatic heterocycles. The van der Waals surface area contributed by atoms with E-state index in [1.807, 2.05) is 24.3 Å². The molecule has 0 amide bonds. The number of phenolic OH excluding ortho intramolecular Hbond substituents is 1. The van der Waals surface area contributed by atoms with Crippen molar-refractivity contribution in [2.24, 2.45) is 0 Å². The van der Waals surface area contributed by atoms with Gasteiger partial charge in [0, 0.05) is 13.1 Å². The maximum Gasteiger partial charge on any atom is 0.341 e. The fourth-order valence-electron chi connectivity index (χ4n) is 2.70. The Morgan fingerprint density at radius 2 is 2.08 bits per heavy atom. The van der Waals surface area contributed by atoms with Crippen molar-refractivity contribution in [3.8, 4) is 17.2 Å². The first-order valence-corrected chi connectivity index (χ1v) is 8.27. The molecule has 138 valence electrons. The molecule has 0 bridgehead atoms. The molecule has 0 aliphatic carbocycles. The van der Waals surface area contributed by atoms with Gasteiger partial charge in [-0.2, -0.15) is 0 Å². The van der Waals surface area contributed by atoms with Gasteiger partial charge in [0.05, 0.1) is 13.2 Å². The summed E-state index contributed by atoms with van der Waals surface area (Å²) in [7, 11) is 1.23. The van der Waals surface area contributed by atoms with Crippen LogP contribution in [0.5, 0.6) is 17.2 Å². The van der Waals surface area contributed by atoms with Crippen molar-refractivity contribution in [2.45, 2.75) is 12.2 Å². The van der Waals surface area contributed by atoms with E-state index in [2.05, 4.69) is 10.1 Å². The fraction of sp³-hybridized carbons (Fsp3) is 0.316. The number of ether oxygens (including phenoxy) is 3. The first-order valence-electron chi connectivity index (χ1n) is 8.27. The minimum absolute atomic E-state index is 0.0182. The molecule has 1 aliphatic rings. The maximum atomic E-state index is 11.6. The number of aromatic hydroxyl groups is 1. The minimum atomic E-state index is -0.851. The standard InChI is InChI=1S/C19H21NO6/c1-24-19(23)14-8-12(6-7-15(14)21)16(22)10-20-9-13-11-25-17-4-2-3-5-18(17)26-13/h2-8,13,16,20-22H,9-11H2,1H3. The average molecular weight is 359 g/mol. The zero-order valence-corrected chi connectivity index (χ0v) is 14.3. The molecule has 0 aromatic heterocycles. The van der Waals surface area contributed by atoms with Crippen LogP contribution in [0.3, 0.4) is 0 Å². The van der Waals surface area contributed by atoms with Crippen LogP contribution in [0, 0.1) is 0 Å². The summed E-state index contributed by atoms with van der Waals surface area (Å²) in [6.45, 7) is 1.17. The zero-order chi connectivity index (χ0) is 18.5. The van der Waals surface area contributed by atoms with Gasteiger partial charge >= 0.3 is 5.97 Å². The highest BCUT2D eigenvalue weighted by Gasteiger charge is 2.21. The third kappa shape index (κ3) is 4.07. The van der Waals surface area contributed by atoms with Gasteiger partial charge in [0.1, 0.15) is 24.0 Å². The molecule has 2 aromatic carbocycles. The molecule has 2 aromatic rings. The van der Waals surface area contributed by atoms with Gasteiger partial charge < -0.3 is 29.7 Å². The van der Waals surface area contributed by atoms with E-state index in [1.54, 1.807) is 6.07 Å². The maximum absolute atomic E-state index is 11.6. The van der Waals surface area contributed by atoms with E-state index in [0.717, 1.165) is 5.75 Å². The van der Waals surface area contributed by atoms with E-state index >= 15 is 0 Å². The summed E-state index contributed by atoms with van der Waals surface area (Å²) in [5.74, 6) is 0.582. The normalized spacial score (nSPS) is 16.8. The number of hydrogen-bond acceptors (Lipinski definition) is 7. The van der Waals surface area contributed by atoms with Crippen LogP contribution in [0.1, 0.15) is 22.0 Å². The second kappa shape index (κ2) is 8.07. The van der Waals surface area contributed by atoms with Crippen molar-refractivity contribution in [1.29, 1.82) is 0 Å². The van der Waals surface area contributed by atoms with E-state index in [9.17, 15) is 15.0 Å². The third-order valence-corrected chi connectivity index (χ3v) is 4.09. The summed E-state index contributed by atoms with van der Waals surface area (Å²) in [6, 6.07) is 11.8. The lowest BCUT2D eigenvalue weighted by Crippen LogP contribution is -2.39. The van der Waals surface area contributed by atoms with Gasteiger partial charge in [-0.1, -0.05) is 18.2 Å². The quantitative estimate of drug-likeness (QED) is 0.675. The highest BCUT2D eigenvalue weighted by Crippen LogP contribution is 2.30. The number of methoxy groups -OCH3 is 1. The summed E-state index contributed by atoms with van der Waals surface area (Å²) in [5.41, 5.74) is 0.520. The fourth-order valence-corrected chi connectivity index (χ4v) is 2.70. The van der Waals surface area contributed by atoms with Crippen molar-refractivity contribution >= 4 is 5.97 Å². The highest BCUT2D eigenvalue weighted by atomic mass is 16.6. The van der Waals surface area contributed by atoms with Crippen molar-refractivity contribution in [3.05, 3.63) is 53.6 Å². The molecule has 7 nitrogen and oxygen atoms in total. The summed E-state index contributed by atoms with van der Waals surface area (Å²) < 4.78 is 16.1. The topological polar surface area (TPSA) is 97.3 Å². The molecule has 7 heteroatoms. The molecule has 1 heterocycles. The predicted octanol–water partition coefficient (Wildman–Crippen LogP) is 1.64. The van der Waals surface area contributed by atoms with Crippen LogP contribution in [-0.4, -0.2) is 49.1 Å². The lowest BCUT2D eigenvalue weighted by molar-refractivity contribution is 0.0597. The highest BCUT2D eigenvalue weighted by molar-refractivity contribution is 5.92. The van der Waals surface area contributed by atoms with E-state index in [0.29, 0.717) is 24.5 Å². The smallest absolute Gasteiger partial charge is 0.341 e. The lowest BCUT2D eigenvalue weighted by Gasteiger charge is -2.27. The van der Waals surface area contributed by atoms with Crippen LogP contribution in [0.15, 0.2) is 42.5 Å². The number of nitrogens with one attached hydrogen (secondary N) is 1. The Morgan fingerprint density at radius 1 is 1.31 bits per heavy atom. The van der Waals surface area contributed by atoms with Gasteiger partial charge in [-0.15, -0.1) is 0 Å². The van der Waals surface area contributed by atoms with E-state index in [1.165, 1.54) is 19.2 Å². The van der Waals surface area contributed by atoms with Crippen LogP contribution in [0.25, 0.3) is 0 Å². The molecule has 0 spiro atoms. The zero-order valence-electron chi connectivity index (χ0n) is 14.3. The van der Waals surface area contributed by atoms with Crippen LogP contribution in [-0.2, 0) is 4.74 Å². The molecule has 26 heavy (non-hydrogen) atoms. The van der Waals surface area contributed by atoms with Crippen molar-refractivity contribution in [1.82, 2.24) is 5.32 Å². The molecule has 2 atom stereocenters. The number of carbonyl (C=O) groups excluding carboxylic acids is 1. The number of rotatable bonds is 6. The van der Waals surface area contributed by atoms with Gasteiger partial charge in [-0.05, 0) is 29.8 Å². The molecule has 3 rings (SSSR count). The van der Waals surface area contributed by atoms with Crippen molar-refractivity contribution < 1.29 is 29.2 Å². The number of carbonyl (C=O) groups is 1. The second-order valence-electron chi connectivity index (χ2n) is 5.94. The number of benzene rings is 2. The minimum Gasteiger partial charge on any atom is -0.507 e. The molecule has 0 saturated carbocycles. The largest absolute Gasteiger partial charge is 0.507 e. The van der Waals surface area contributed by atoms with Crippen molar-refractivity contribution in [2.75, 3.05) is 26.8 Å². The lowest BCUT2D eigenvalue weighted by atomic mass is 10.0. The molecule has 2 unspecified atom stereocenters. The molecule has 0 fully saturated rings. The number of hydrogen-bond donors (Lipinski definition) is 3. The van der Waals surface area contributed by atoms with Crippen LogP contribution in [0.2, 0.25) is 0 Å². The first-order chi connectivity index (χ1) is 12.6. The number of aliphatic hydroxyl groups is 1. The predicted molar refractivity (Wildman–Crippen MR) is 93.6 cm³/mol. The van der Waals surface area contributed by atoms with Gasteiger partial charge in [-0.3, -0.25) is 0 Å². The number of esters is 1. The van der Waals surface area contributed by atoms with Gasteiger partial charge in [0.2, 0.25) is 0 Å². The second-order valence-corrected chi connectivity index (χ2v) is 5.94. The van der Waals surface area contributed by atoms with Crippen molar-refractivity contribution in [3.63, 3.8) is 0 Å². The Morgan fingerprint density at radius 3 is 2.85 bits per heavy atom. The first kappa shape index (κ1) is 18.0. The van der Waals surface area contributed by atoms with E-state index in [-0.39, 0.29) is 24.0 Å². The van der Waals surface area contributed by atoms with Gasteiger partial charge in [-0.25, -0.2) is 4.79 Å². The Balaban J connectivity index is 1.53. The molecular weight excluding hydrogens is 338 g/mol. The SMILES string of the molecule is COC(=O)c1cc(C(O)CNCC2COc3ccccc3O2)ccc1O. The summed E-state index contributed by atoms with van der Waals surface area (Å²) in [4.78, 5) is 11.6. The summed E-state index contributed by atoms with van der Waals surface area (Å²) >= 11 is 0. The van der Waals surface area contributed by atoms with Crippen LogP contribution < -0.4 is 14.8 Å². The number of fused-ring (bicyclic) bond motifs is 1. The number of phenols is 1. The van der Waals surface area contributed by atoms with Gasteiger partial charge in [0.15, 0.2) is 11.5 Å². The molecular formula is C19H21NO6. The third-order valence-electron chi connectivity index (χ3n) is 4.09. The molecule has 3 N–H and O–H groups in total. The van der Waals surface area contributed by atoms with E-state index < -0.39 is 12.1 Å². The Labute approximate surface area is 151 Å². The summed E-state index contributed by atoms with van der Waals surface area (Å²) in [5, 5.41) is 23.2. The van der Waals surface area contributed by atoms with Gasteiger partial charge in [0.25, 0.3) is 0 Å². The monoisotopic (exact) mass is 359 g/mol. The number of aliphatic hydroxyl groups excluding tert-OH is 1. The average Bonchev–Trinajstić information content (AvgIpc) is 2.67. The Kier molecular flexibility index (Phi) is 5.60. The van der Waals surface area contributed by atoms with E-state index in [4.69, 9.17) is 9.47 Å². The molecule has 0 saturated heterocycles. The summed E-state index contributed by atoms with van der Waals surface area (Å²) in [6.07, 6.45) is -1.02. The van der Waals surface area contributed by atoms with Crippen LogP contribution >= 0.6 is 0 Å². The van der Waals surface area contributed by atoms with Crippen LogP contribution in [0.4, 0.5) is 0 Å². The Bertz CT molecular complexity index is 778. The molecule has 0 radical (unpaired) electrons. The Hall–Kier alpha value is -2.77. The number of para-hydroxylation sites is 2.